The van der Waals surface area contributed by atoms with Gasteiger partial charge in [-0.05, 0) is 18.2 Å². The van der Waals surface area contributed by atoms with Crippen molar-refractivity contribution in [3.05, 3.63) is 34.8 Å². The Kier molecular flexibility index (Phi) is 4.66. The van der Waals surface area contributed by atoms with E-state index in [1.807, 2.05) is 0 Å². The fraction of sp³-hybridized carbons (Fsp3) is 0.0909. The molecule has 7 nitrogen and oxygen atoms in total. The number of amides is 1. The first-order chi connectivity index (χ1) is 9.88. The summed E-state index contributed by atoms with van der Waals surface area (Å²) in [7, 11) is -3.79. The quantitative estimate of drug-likeness (QED) is 0.821. The number of sulfonamides is 1. The molecule has 0 aliphatic carbocycles. The van der Waals surface area contributed by atoms with E-state index in [0.717, 1.165) is 11.3 Å². The molecule has 0 saturated carbocycles. The zero-order valence-electron chi connectivity index (χ0n) is 10.4. The van der Waals surface area contributed by atoms with E-state index in [4.69, 9.17) is 22.1 Å². The Labute approximate surface area is 129 Å². The van der Waals surface area contributed by atoms with Gasteiger partial charge in [0.05, 0.1) is 9.92 Å². The number of rotatable bonds is 6. The molecule has 0 fully saturated rings. The van der Waals surface area contributed by atoms with Gasteiger partial charge in [0.15, 0.2) is 11.7 Å². The number of halogens is 1. The number of benzene rings is 1. The van der Waals surface area contributed by atoms with Crippen LogP contribution in [0.3, 0.4) is 0 Å². The summed E-state index contributed by atoms with van der Waals surface area (Å²) in [5.74, 6) is -0.489. The second-order valence-electron chi connectivity index (χ2n) is 3.79. The molecule has 0 saturated heterocycles. The molecule has 0 atom stereocenters. The maximum Gasteiger partial charge on any atom is 0.263 e. The van der Waals surface area contributed by atoms with Crippen molar-refractivity contribution in [2.75, 3.05) is 11.3 Å². The van der Waals surface area contributed by atoms with Gasteiger partial charge in [0, 0.05) is 11.6 Å². The van der Waals surface area contributed by atoms with Crippen molar-refractivity contribution in [2.45, 2.75) is 4.90 Å². The van der Waals surface area contributed by atoms with E-state index in [9.17, 15) is 13.2 Å². The summed E-state index contributed by atoms with van der Waals surface area (Å²) >= 11 is 7.07. The van der Waals surface area contributed by atoms with E-state index in [-0.39, 0.29) is 27.4 Å². The van der Waals surface area contributed by atoms with Crippen molar-refractivity contribution < 1.29 is 17.9 Å². The predicted octanol–water partition coefficient (Wildman–Crippen LogP) is 1.46. The lowest BCUT2D eigenvalue weighted by Gasteiger charge is -2.09. The second kappa shape index (κ2) is 6.29. The third kappa shape index (κ3) is 4.06. The zero-order valence-corrected chi connectivity index (χ0v) is 12.8. The predicted molar refractivity (Wildman–Crippen MR) is 79.1 cm³/mol. The highest BCUT2D eigenvalue weighted by molar-refractivity contribution is 7.93. The number of hydrogen-bond donors (Lipinski definition) is 2. The van der Waals surface area contributed by atoms with Crippen LogP contribution in [0.4, 0.5) is 5.13 Å². The average Bonchev–Trinajstić information content (AvgIpc) is 2.89. The Morgan fingerprint density at radius 2 is 2.24 bits per heavy atom. The Balaban J connectivity index is 2.20. The first-order valence-corrected chi connectivity index (χ1v) is 8.25. The van der Waals surface area contributed by atoms with Crippen LogP contribution in [0.2, 0.25) is 5.02 Å². The van der Waals surface area contributed by atoms with Crippen LogP contribution in [0.15, 0.2) is 34.7 Å². The van der Waals surface area contributed by atoms with E-state index in [1.165, 1.54) is 24.4 Å². The Morgan fingerprint density at radius 3 is 2.81 bits per heavy atom. The first-order valence-electron chi connectivity index (χ1n) is 5.51. The van der Waals surface area contributed by atoms with Gasteiger partial charge in [-0.3, -0.25) is 9.52 Å². The summed E-state index contributed by atoms with van der Waals surface area (Å²) in [5.41, 5.74) is 4.95. The maximum atomic E-state index is 12.1. The molecule has 2 rings (SSSR count). The summed E-state index contributed by atoms with van der Waals surface area (Å²) in [5, 5.41) is 1.95. The van der Waals surface area contributed by atoms with Gasteiger partial charge in [-0.15, -0.1) is 11.3 Å². The lowest BCUT2D eigenvalue weighted by Crippen LogP contribution is -2.20. The minimum atomic E-state index is -3.79. The number of hydrogen-bond acceptors (Lipinski definition) is 6. The molecule has 1 amide bonds. The molecule has 0 unspecified atom stereocenters. The number of thiazole rings is 1. The van der Waals surface area contributed by atoms with Crippen molar-refractivity contribution in [1.29, 1.82) is 0 Å². The molecule has 3 N–H and O–H groups in total. The Bertz CT molecular complexity index is 747. The van der Waals surface area contributed by atoms with Crippen LogP contribution in [0, 0.1) is 0 Å². The normalized spacial score (nSPS) is 11.1. The maximum absolute atomic E-state index is 12.1. The first kappa shape index (κ1) is 15.5. The molecular formula is C11H10ClN3O4S2. The van der Waals surface area contributed by atoms with E-state index in [0.29, 0.717) is 0 Å². The number of anilines is 1. The molecule has 10 heteroatoms. The van der Waals surface area contributed by atoms with Crippen molar-refractivity contribution in [2.24, 2.45) is 5.73 Å². The fourth-order valence-corrected chi connectivity index (χ4v) is 3.48. The van der Waals surface area contributed by atoms with Crippen molar-refractivity contribution in [3.63, 3.8) is 0 Å². The topological polar surface area (TPSA) is 111 Å². The molecule has 0 aliphatic heterocycles. The van der Waals surface area contributed by atoms with E-state index >= 15 is 0 Å². The molecule has 0 radical (unpaired) electrons. The number of aromatic nitrogens is 1. The minimum absolute atomic E-state index is 0.0471. The van der Waals surface area contributed by atoms with Gasteiger partial charge < -0.3 is 10.5 Å². The van der Waals surface area contributed by atoms with Gasteiger partial charge in [-0.1, -0.05) is 11.6 Å². The van der Waals surface area contributed by atoms with Crippen LogP contribution in [-0.4, -0.2) is 25.9 Å². The average molecular weight is 348 g/mol. The second-order valence-corrected chi connectivity index (χ2v) is 6.77. The highest BCUT2D eigenvalue weighted by atomic mass is 35.5. The molecule has 2 aromatic rings. The van der Waals surface area contributed by atoms with Gasteiger partial charge in [0.25, 0.3) is 15.9 Å². The molecule has 0 bridgehead atoms. The van der Waals surface area contributed by atoms with Crippen molar-refractivity contribution in [3.8, 4) is 5.75 Å². The number of nitrogens with zero attached hydrogens (tertiary/aromatic N) is 1. The molecule has 1 aromatic carbocycles. The van der Waals surface area contributed by atoms with Gasteiger partial charge >= 0.3 is 0 Å². The van der Waals surface area contributed by atoms with Gasteiger partial charge in [-0.25, -0.2) is 13.4 Å². The van der Waals surface area contributed by atoms with Gasteiger partial charge in [-0.2, -0.15) is 0 Å². The Morgan fingerprint density at radius 1 is 1.48 bits per heavy atom. The number of ether oxygens (including phenoxy) is 1. The minimum Gasteiger partial charge on any atom is -0.482 e. The smallest absolute Gasteiger partial charge is 0.263 e. The largest absolute Gasteiger partial charge is 0.482 e. The molecule has 0 aliphatic rings. The highest BCUT2D eigenvalue weighted by Crippen LogP contribution is 2.28. The molecule has 1 aromatic heterocycles. The molecule has 21 heavy (non-hydrogen) atoms. The third-order valence-electron chi connectivity index (χ3n) is 2.24. The SMILES string of the molecule is NC(=O)COc1ccc(S(=O)(=O)Nc2nccs2)cc1Cl. The van der Waals surface area contributed by atoms with Crippen LogP contribution in [0.1, 0.15) is 0 Å². The van der Waals surface area contributed by atoms with Gasteiger partial charge in [0.2, 0.25) is 0 Å². The summed E-state index contributed by atoms with van der Waals surface area (Å²) in [6.07, 6.45) is 1.48. The summed E-state index contributed by atoms with van der Waals surface area (Å²) < 4.78 is 31.6. The molecule has 0 spiro atoms. The highest BCUT2D eigenvalue weighted by Gasteiger charge is 2.17. The number of carbonyl (C=O) groups is 1. The standard InChI is InChI=1S/C11H10ClN3O4S2/c12-8-5-7(1-2-9(8)19-6-10(13)16)21(17,18)15-11-14-3-4-20-11/h1-5H,6H2,(H2,13,16)(H,14,15). The summed E-state index contributed by atoms with van der Waals surface area (Å²) in [4.78, 5) is 14.4. The molecular weight excluding hydrogens is 338 g/mol. The van der Waals surface area contributed by atoms with E-state index < -0.39 is 15.9 Å². The zero-order chi connectivity index (χ0) is 15.5. The number of nitrogens with two attached hydrogens (primary N) is 1. The van der Waals surface area contributed by atoms with E-state index in [1.54, 1.807) is 5.38 Å². The lowest BCUT2D eigenvalue weighted by molar-refractivity contribution is -0.119. The van der Waals surface area contributed by atoms with Crippen LogP contribution in [0.25, 0.3) is 0 Å². The summed E-state index contributed by atoms with van der Waals surface area (Å²) in [6.45, 7) is -0.344. The van der Waals surface area contributed by atoms with Crippen LogP contribution >= 0.6 is 22.9 Å². The number of carbonyl (C=O) groups excluding carboxylic acids is 1. The van der Waals surface area contributed by atoms with Crippen molar-refractivity contribution >= 4 is 44.0 Å². The monoisotopic (exact) mass is 347 g/mol. The van der Waals surface area contributed by atoms with E-state index in [2.05, 4.69) is 9.71 Å². The van der Waals surface area contributed by atoms with Crippen LogP contribution in [0.5, 0.6) is 5.75 Å². The van der Waals surface area contributed by atoms with Gasteiger partial charge in [0.1, 0.15) is 5.75 Å². The van der Waals surface area contributed by atoms with Crippen LogP contribution in [-0.2, 0) is 14.8 Å². The Hall–Kier alpha value is -1.84. The molecule has 112 valence electrons. The van der Waals surface area contributed by atoms with Crippen LogP contribution < -0.4 is 15.2 Å². The summed E-state index contributed by atoms with van der Waals surface area (Å²) in [6, 6.07) is 3.87. The fourth-order valence-electron chi connectivity index (χ4n) is 1.36. The molecule has 1 heterocycles. The third-order valence-corrected chi connectivity index (χ3v) is 4.69. The number of nitrogens with one attached hydrogen (secondary N) is 1. The lowest BCUT2D eigenvalue weighted by atomic mass is 10.3. The number of primary amides is 1. The van der Waals surface area contributed by atoms with Crippen molar-refractivity contribution in [1.82, 2.24) is 4.98 Å².